The summed E-state index contributed by atoms with van der Waals surface area (Å²) in [5.74, 6) is -0.965. The van der Waals surface area contributed by atoms with E-state index in [9.17, 15) is 17.6 Å². The van der Waals surface area contributed by atoms with Crippen LogP contribution in [0.2, 0.25) is 0 Å². The molecule has 0 fully saturated rings. The number of methoxy groups -OCH3 is 1. The van der Waals surface area contributed by atoms with Crippen LogP contribution in [0.15, 0.2) is 59.7 Å². The molecule has 0 saturated heterocycles. The van der Waals surface area contributed by atoms with Crippen LogP contribution in [0.3, 0.4) is 0 Å². The van der Waals surface area contributed by atoms with E-state index in [1.807, 2.05) is 0 Å². The maximum absolute atomic E-state index is 14.8. The van der Waals surface area contributed by atoms with E-state index < -0.39 is 27.4 Å². The van der Waals surface area contributed by atoms with Crippen LogP contribution < -0.4 is 14.7 Å². The molecule has 0 aliphatic carbocycles. The second-order valence-corrected chi connectivity index (χ2v) is 9.05. The number of hydrogen-bond acceptors (Lipinski definition) is 9. The molecule has 2 heterocycles. The Balaban J connectivity index is 1.94. The van der Waals surface area contributed by atoms with Crippen LogP contribution >= 0.6 is 0 Å². The average molecular weight is 485 g/mol. The Morgan fingerprint density at radius 2 is 1.85 bits per heavy atom. The number of carbonyl (C=O) groups is 1. The van der Waals surface area contributed by atoms with E-state index in [-0.39, 0.29) is 40.1 Å². The van der Waals surface area contributed by atoms with Crippen LogP contribution in [0.25, 0.3) is 11.4 Å². The van der Waals surface area contributed by atoms with Crippen LogP contribution in [-0.2, 0) is 20.5 Å². The Bertz CT molecular complexity index is 1430. The molecule has 4 rings (SSSR count). The smallest absolute Gasteiger partial charge is 0.306 e. The number of aliphatic imine (C=N–C) groups is 1. The topological polar surface area (TPSA) is 137 Å². The first-order valence-corrected chi connectivity index (χ1v) is 11.7. The minimum atomic E-state index is -3.83. The van der Waals surface area contributed by atoms with Gasteiger partial charge in [0.15, 0.2) is 17.3 Å². The van der Waals surface area contributed by atoms with Crippen LogP contribution in [-0.4, -0.2) is 55.6 Å². The summed E-state index contributed by atoms with van der Waals surface area (Å²) in [5.41, 5.74) is 4.81. The largest absolute Gasteiger partial charge is 0.481 e. The molecule has 10 nitrogen and oxygen atoms in total. The SMILES string of the molecule is COc1ccnc(-c2cc(C3(c4cccc(OS(C)(=O)=O)c4)N=C(N)N(C)C3=O)ccc2F)n1. The molecule has 1 unspecified atom stereocenters. The number of nitrogens with zero attached hydrogens (tertiary/aromatic N) is 4. The third kappa shape index (κ3) is 4.03. The van der Waals surface area contributed by atoms with E-state index in [0.29, 0.717) is 0 Å². The van der Waals surface area contributed by atoms with E-state index in [4.69, 9.17) is 14.7 Å². The third-order valence-electron chi connectivity index (χ3n) is 5.20. The molecule has 0 saturated carbocycles. The first-order valence-electron chi connectivity index (χ1n) is 9.86. The lowest BCUT2D eigenvalue weighted by Crippen LogP contribution is -2.41. The number of ether oxygens (including phenoxy) is 1. The highest BCUT2D eigenvalue weighted by Gasteiger charge is 2.50. The van der Waals surface area contributed by atoms with Gasteiger partial charge in [-0.05, 0) is 35.4 Å². The fourth-order valence-corrected chi connectivity index (χ4v) is 4.09. The molecule has 2 N–H and O–H groups in total. The average Bonchev–Trinajstić information content (AvgIpc) is 3.03. The number of halogens is 1. The van der Waals surface area contributed by atoms with E-state index >= 15 is 0 Å². The lowest BCUT2D eigenvalue weighted by atomic mass is 9.82. The fraction of sp³-hybridized carbons (Fsp3) is 0.182. The van der Waals surface area contributed by atoms with Crippen molar-refractivity contribution in [2.45, 2.75) is 5.54 Å². The monoisotopic (exact) mass is 485 g/mol. The molecule has 0 bridgehead atoms. The predicted molar refractivity (Wildman–Crippen MR) is 121 cm³/mol. The van der Waals surface area contributed by atoms with Crippen molar-refractivity contribution in [1.82, 2.24) is 14.9 Å². The number of hydrogen-bond donors (Lipinski definition) is 1. The van der Waals surface area contributed by atoms with Gasteiger partial charge in [-0.2, -0.15) is 13.4 Å². The molecule has 3 aromatic rings. The molecule has 1 aliphatic heterocycles. The highest BCUT2D eigenvalue weighted by molar-refractivity contribution is 7.86. The van der Waals surface area contributed by atoms with Gasteiger partial charge in [0.25, 0.3) is 5.91 Å². The maximum atomic E-state index is 14.8. The van der Waals surface area contributed by atoms with Crippen LogP contribution in [0.4, 0.5) is 4.39 Å². The Labute approximate surface area is 195 Å². The van der Waals surface area contributed by atoms with Gasteiger partial charge in [-0.25, -0.2) is 14.4 Å². The summed E-state index contributed by atoms with van der Waals surface area (Å²) in [4.78, 5) is 27.4. The number of carbonyl (C=O) groups excluding carboxylic acids is 1. The van der Waals surface area contributed by atoms with Gasteiger partial charge in [0.05, 0.1) is 18.9 Å². The number of nitrogens with two attached hydrogens (primary N) is 1. The summed E-state index contributed by atoms with van der Waals surface area (Å²) in [6.45, 7) is 0. The third-order valence-corrected chi connectivity index (χ3v) is 5.70. The second kappa shape index (κ2) is 8.37. The van der Waals surface area contributed by atoms with Gasteiger partial charge < -0.3 is 14.7 Å². The Morgan fingerprint density at radius 1 is 1.12 bits per heavy atom. The van der Waals surface area contributed by atoms with Crippen LogP contribution in [0.5, 0.6) is 11.6 Å². The van der Waals surface area contributed by atoms with Crippen LogP contribution in [0.1, 0.15) is 11.1 Å². The number of aromatic nitrogens is 2. The van der Waals surface area contributed by atoms with Crippen LogP contribution in [0, 0.1) is 5.82 Å². The second-order valence-electron chi connectivity index (χ2n) is 7.48. The lowest BCUT2D eigenvalue weighted by Gasteiger charge is -2.27. The Kier molecular flexibility index (Phi) is 5.69. The van der Waals surface area contributed by atoms with Gasteiger partial charge >= 0.3 is 10.1 Å². The highest BCUT2D eigenvalue weighted by atomic mass is 32.2. The number of guanidine groups is 1. The van der Waals surface area contributed by atoms with E-state index in [1.54, 1.807) is 6.07 Å². The summed E-state index contributed by atoms with van der Waals surface area (Å²) in [6.07, 6.45) is 2.32. The van der Waals surface area contributed by atoms with E-state index in [2.05, 4.69) is 15.0 Å². The molecule has 1 aliphatic rings. The summed E-state index contributed by atoms with van der Waals surface area (Å²) in [6, 6.07) is 11.4. The molecular formula is C22H20FN5O5S. The van der Waals surface area contributed by atoms with Crippen molar-refractivity contribution in [3.05, 3.63) is 71.7 Å². The molecule has 0 spiro atoms. The standard InChI is InChI=1S/C22H20FN5O5S/c1-28-20(29)22(27-21(28)24,13-5-4-6-15(11-13)33-34(3,30)31)14-7-8-17(23)16(12-14)19-25-10-9-18(26-19)32-2/h4-12H,1-3H3,(H2,24,27). The predicted octanol–water partition coefficient (Wildman–Crippen LogP) is 1.66. The highest BCUT2D eigenvalue weighted by Crippen LogP contribution is 2.41. The van der Waals surface area contributed by atoms with Gasteiger partial charge in [-0.3, -0.25) is 9.69 Å². The van der Waals surface area contributed by atoms with Gasteiger partial charge in [-0.15, -0.1) is 0 Å². The Hall–Kier alpha value is -4.06. The molecule has 12 heteroatoms. The molecular weight excluding hydrogens is 465 g/mol. The van der Waals surface area contributed by atoms with Gasteiger partial charge in [0, 0.05) is 19.3 Å². The molecule has 1 aromatic heterocycles. The molecule has 176 valence electrons. The Morgan fingerprint density at radius 3 is 2.50 bits per heavy atom. The number of benzene rings is 2. The summed E-state index contributed by atoms with van der Waals surface area (Å²) >= 11 is 0. The number of likely N-dealkylation sites (N-methyl/N-ethyl adjacent to an activating group) is 1. The minimum absolute atomic E-state index is 0.00967. The molecule has 1 amide bonds. The van der Waals surface area contributed by atoms with E-state index in [1.165, 1.54) is 62.8 Å². The lowest BCUT2D eigenvalue weighted by molar-refractivity contribution is -0.129. The van der Waals surface area contributed by atoms with Crippen molar-refractivity contribution >= 4 is 22.0 Å². The van der Waals surface area contributed by atoms with Crippen molar-refractivity contribution in [2.24, 2.45) is 10.7 Å². The number of rotatable bonds is 6. The normalized spacial score (nSPS) is 18.1. The zero-order valence-corrected chi connectivity index (χ0v) is 19.2. The van der Waals surface area contributed by atoms with Crippen molar-refractivity contribution in [1.29, 1.82) is 0 Å². The van der Waals surface area contributed by atoms with Crippen molar-refractivity contribution < 1.29 is 26.5 Å². The van der Waals surface area contributed by atoms with Gasteiger partial charge in [0.2, 0.25) is 5.88 Å². The summed E-state index contributed by atoms with van der Waals surface area (Å²) in [7, 11) is -0.951. The quantitative estimate of drug-likeness (QED) is 0.521. The summed E-state index contributed by atoms with van der Waals surface area (Å²) in [5, 5.41) is 0. The zero-order valence-electron chi connectivity index (χ0n) is 18.4. The van der Waals surface area contributed by atoms with Gasteiger partial charge in [0.1, 0.15) is 11.6 Å². The van der Waals surface area contributed by atoms with Gasteiger partial charge in [-0.1, -0.05) is 18.2 Å². The maximum Gasteiger partial charge on any atom is 0.306 e. The fourth-order valence-electron chi connectivity index (χ4n) is 3.64. The molecule has 1 atom stereocenters. The molecule has 0 radical (unpaired) electrons. The van der Waals surface area contributed by atoms with E-state index in [0.717, 1.165) is 11.2 Å². The van der Waals surface area contributed by atoms with Crippen molar-refractivity contribution in [3.63, 3.8) is 0 Å². The molecule has 2 aromatic carbocycles. The minimum Gasteiger partial charge on any atom is -0.481 e. The number of amides is 1. The zero-order chi connectivity index (χ0) is 24.7. The van der Waals surface area contributed by atoms with Crippen molar-refractivity contribution in [3.8, 4) is 23.0 Å². The first kappa shape index (κ1) is 23.1. The summed E-state index contributed by atoms with van der Waals surface area (Å²) < 4.78 is 48.2. The molecule has 34 heavy (non-hydrogen) atoms. The first-order chi connectivity index (χ1) is 16.0. The van der Waals surface area contributed by atoms with Crippen molar-refractivity contribution in [2.75, 3.05) is 20.4 Å².